The van der Waals surface area contributed by atoms with Gasteiger partial charge in [-0.05, 0) is 48.8 Å². The van der Waals surface area contributed by atoms with Crippen molar-refractivity contribution in [3.63, 3.8) is 0 Å². The van der Waals surface area contributed by atoms with Gasteiger partial charge < -0.3 is 9.84 Å². The van der Waals surface area contributed by atoms with Crippen LogP contribution in [0.15, 0.2) is 23.3 Å². The zero-order chi connectivity index (χ0) is 16.0. The fraction of sp³-hybridized carbons (Fsp3) is 0.357. The van der Waals surface area contributed by atoms with E-state index in [2.05, 4.69) is 25.8 Å². The molecule has 0 fully saturated rings. The van der Waals surface area contributed by atoms with Gasteiger partial charge in [0.05, 0.1) is 18.2 Å². The number of carboxylic acid groups (broad SMARTS) is 1. The second kappa shape index (κ2) is 4.92. The van der Waals surface area contributed by atoms with Crippen LogP contribution in [-0.4, -0.2) is 34.4 Å². The molecule has 0 saturated heterocycles. The van der Waals surface area contributed by atoms with E-state index in [9.17, 15) is 14.7 Å². The maximum Gasteiger partial charge on any atom is 0.546 e. The molecule has 0 radical (unpaired) electrons. The number of nitrogens with zero attached hydrogens (tertiary/aromatic N) is 2. The van der Waals surface area contributed by atoms with E-state index in [1.807, 2.05) is 0 Å². The molecule has 1 N–H and O–H groups in total. The highest BCUT2D eigenvalue weighted by Gasteiger charge is 2.56. The molecule has 0 spiro atoms. The Hall–Kier alpha value is -1.73. The van der Waals surface area contributed by atoms with Crippen LogP contribution in [0.25, 0.3) is 0 Å². The predicted molar refractivity (Wildman–Crippen MR) is 82.8 cm³/mol. The Kier molecular flexibility index (Phi) is 3.67. The molecule has 21 heavy (non-hydrogen) atoms. The third kappa shape index (κ3) is 2.16. The van der Waals surface area contributed by atoms with Gasteiger partial charge in [0.1, 0.15) is 5.54 Å². The van der Waals surface area contributed by atoms with E-state index in [0.29, 0.717) is 21.4 Å². The minimum atomic E-state index is -1.08. The largest absolute Gasteiger partial charge is 0.546 e. The van der Waals surface area contributed by atoms with Crippen LogP contribution in [0.2, 0.25) is 0 Å². The average molecular weight is 356 g/mol. The molecule has 1 unspecified atom stereocenters. The Morgan fingerprint density at radius 1 is 1.33 bits per heavy atom. The summed E-state index contributed by atoms with van der Waals surface area (Å²) < 4.78 is 4.51. The lowest BCUT2D eigenvalue weighted by Gasteiger charge is -2.35. The van der Waals surface area contributed by atoms with Crippen molar-refractivity contribution in [3.8, 4) is 0 Å². The van der Waals surface area contributed by atoms with Gasteiger partial charge in [-0.15, -0.1) is 0 Å². The normalized spacial score (nSPS) is 20.7. The second-order valence-electron chi connectivity index (χ2n) is 5.70. The molecular weight excluding hydrogens is 340 g/mol. The number of amides is 1. The number of benzene rings is 1. The molecule has 0 aliphatic carbocycles. The Morgan fingerprint density at radius 3 is 2.43 bits per heavy atom. The summed E-state index contributed by atoms with van der Waals surface area (Å²) in [7, 11) is 1.30. The summed E-state index contributed by atoms with van der Waals surface area (Å²) in [5.74, 6) is -0.478. The van der Waals surface area contributed by atoms with Gasteiger partial charge in [-0.25, -0.2) is 4.79 Å². The van der Waals surface area contributed by atoms with Crippen LogP contribution in [0, 0.1) is 0 Å². The van der Waals surface area contributed by atoms with E-state index in [0.717, 1.165) is 0 Å². The number of quaternary nitrogens is 1. The number of hydrogen-bond donors (Lipinski definition) is 1. The van der Waals surface area contributed by atoms with Crippen LogP contribution < -0.4 is 4.59 Å². The molecule has 0 saturated carbocycles. The van der Waals surface area contributed by atoms with Crippen LogP contribution in [0.1, 0.15) is 36.7 Å². The number of esters is 1. The molecule has 1 heterocycles. The molecule has 1 aliphatic rings. The lowest BCUT2D eigenvalue weighted by molar-refractivity contribution is 0.0600. The maximum absolute atomic E-state index is 11.9. The highest BCUT2D eigenvalue weighted by molar-refractivity contribution is 9.18. The number of hydrogen-bond acceptors (Lipinski definition) is 4. The first-order chi connectivity index (χ1) is 9.65. The first-order valence-electron chi connectivity index (χ1n) is 6.27. The molecule has 2 rings (SSSR count). The molecule has 0 bridgehead atoms. The fourth-order valence-electron chi connectivity index (χ4n) is 2.41. The Labute approximate surface area is 130 Å². The Bertz CT molecular complexity index is 663. The quantitative estimate of drug-likeness (QED) is 0.619. The molecule has 7 heteroatoms. The molecule has 1 atom stereocenters. The van der Waals surface area contributed by atoms with Crippen molar-refractivity contribution in [2.24, 2.45) is 5.10 Å². The van der Waals surface area contributed by atoms with E-state index in [-0.39, 0.29) is 0 Å². The van der Waals surface area contributed by atoms with E-state index >= 15 is 0 Å². The zero-order valence-corrected chi connectivity index (χ0v) is 13.8. The number of fused-ring (bicyclic) bond motifs is 1. The lowest BCUT2D eigenvalue weighted by Crippen LogP contribution is -2.60. The summed E-state index contributed by atoms with van der Waals surface area (Å²) in [4.78, 5) is 23.5. The van der Waals surface area contributed by atoms with Gasteiger partial charge in [-0.2, -0.15) is 4.79 Å². The van der Waals surface area contributed by atoms with Crippen molar-refractivity contribution < 1.29 is 19.4 Å². The SMILES string of the molecule is COC(=O)c1ccc2c(c1)C(Br)=N[N+]2(C(=O)O)C(C)(C)C. The first kappa shape index (κ1) is 15.7. The van der Waals surface area contributed by atoms with Crippen LogP contribution >= 0.6 is 15.9 Å². The van der Waals surface area contributed by atoms with Gasteiger partial charge in [0.2, 0.25) is 0 Å². The standard InChI is InChI=1S/C14H15BrN2O4/c1-14(2,3)17(13(19)20)10-6-5-8(12(18)21-4)7-9(10)11(15)16-17/h5-7H,1-4H3/p+1. The molecule has 1 aromatic carbocycles. The summed E-state index contributed by atoms with van der Waals surface area (Å²) in [5.41, 5.74) is 0.746. The number of halogens is 1. The lowest BCUT2D eigenvalue weighted by atomic mass is 10.0. The summed E-state index contributed by atoms with van der Waals surface area (Å²) in [6, 6.07) is 4.75. The van der Waals surface area contributed by atoms with Crippen molar-refractivity contribution in [2.45, 2.75) is 26.3 Å². The molecule has 6 nitrogen and oxygen atoms in total. The maximum atomic E-state index is 11.9. The molecule has 1 amide bonds. The predicted octanol–water partition coefficient (Wildman–Crippen LogP) is 3.33. The summed E-state index contributed by atoms with van der Waals surface area (Å²) in [6.07, 6.45) is -1.08. The van der Waals surface area contributed by atoms with Gasteiger partial charge in [-0.1, -0.05) is 9.69 Å². The van der Waals surface area contributed by atoms with Crippen LogP contribution in [0.4, 0.5) is 10.5 Å². The first-order valence-corrected chi connectivity index (χ1v) is 7.06. The highest BCUT2D eigenvalue weighted by atomic mass is 79.9. The van der Waals surface area contributed by atoms with Gasteiger partial charge in [-0.3, -0.25) is 0 Å². The molecule has 112 valence electrons. The number of carbonyl (C=O) groups is 2. The third-order valence-electron chi connectivity index (χ3n) is 3.47. The van der Waals surface area contributed by atoms with Crippen molar-refractivity contribution in [3.05, 3.63) is 29.3 Å². The minimum absolute atomic E-state index is 0.350. The molecule has 0 aromatic heterocycles. The number of methoxy groups -OCH3 is 1. The van der Waals surface area contributed by atoms with Gasteiger partial charge in [0.25, 0.3) is 0 Å². The number of ether oxygens (including phenoxy) is 1. The van der Waals surface area contributed by atoms with Crippen LogP contribution in [0.3, 0.4) is 0 Å². The van der Waals surface area contributed by atoms with Crippen molar-refractivity contribution in [1.29, 1.82) is 0 Å². The molecular formula is C14H16BrN2O4+. The minimum Gasteiger partial charge on any atom is -0.465 e. The molecule has 1 aliphatic heterocycles. The zero-order valence-electron chi connectivity index (χ0n) is 12.2. The van der Waals surface area contributed by atoms with Gasteiger partial charge >= 0.3 is 12.1 Å². The van der Waals surface area contributed by atoms with E-state index in [1.54, 1.807) is 39.0 Å². The number of carbonyl (C=O) groups excluding carboxylic acids is 1. The molecule has 1 aromatic rings. The van der Waals surface area contributed by atoms with Gasteiger partial charge in [0, 0.05) is 6.07 Å². The number of rotatable bonds is 1. The topological polar surface area (TPSA) is 76.0 Å². The van der Waals surface area contributed by atoms with Gasteiger partial charge in [0.15, 0.2) is 10.3 Å². The third-order valence-corrected chi connectivity index (χ3v) is 4.06. The van der Waals surface area contributed by atoms with Crippen molar-refractivity contribution >= 4 is 38.3 Å². The summed E-state index contributed by atoms with van der Waals surface area (Å²) in [6.45, 7) is 5.40. The summed E-state index contributed by atoms with van der Waals surface area (Å²) >= 11 is 3.30. The van der Waals surface area contributed by atoms with Crippen LogP contribution in [0.5, 0.6) is 0 Å². The summed E-state index contributed by atoms with van der Waals surface area (Å²) in [5, 5.41) is 14.0. The Morgan fingerprint density at radius 2 is 1.95 bits per heavy atom. The van der Waals surface area contributed by atoms with Crippen LogP contribution in [-0.2, 0) is 4.74 Å². The smallest absolute Gasteiger partial charge is 0.465 e. The van der Waals surface area contributed by atoms with Crippen molar-refractivity contribution in [1.82, 2.24) is 4.59 Å². The average Bonchev–Trinajstić information content (AvgIpc) is 2.71. The van der Waals surface area contributed by atoms with E-state index in [4.69, 9.17) is 0 Å². The highest BCUT2D eigenvalue weighted by Crippen LogP contribution is 2.43. The Balaban J connectivity index is 2.71. The van der Waals surface area contributed by atoms with Crippen molar-refractivity contribution in [2.75, 3.05) is 7.11 Å². The van der Waals surface area contributed by atoms with E-state index in [1.165, 1.54) is 7.11 Å². The monoisotopic (exact) mass is 355 g/mol. The van der Waals surface area contributed by atoms with E-state index < -0.39 is 22.2 Å². The second-order valence-corrected chi connectivity index (χ2v) is 6.45. The fourth-order valence-corrected chi connectivity index (χ4v) is 2.97.